The highest BCUT2D eigenvalue weighted by Crippen LogP contribution is 2.28. The zero-order chi connectivity index (χ0) is 22.1. The molecular formula is C25H17FN2O3. The van der Waals surface area contributed by atoms with Gasteiger partial charge in [-0.2, -0.15) is 5.26 Å². The molecule has 0 unspecified atom stereocenters. The number of hydrogen-bond acceptors (Lipinski definition) is 4. The number of carbonyl (C=O) groups is 1. The molecule has 0 aliphatic rings. The first-order chi connectivity index (χ1) is 14.9. The van der Waals surface area contributed by atoms with E-state index in [2.05, 4.69) is 0 Å². The fourth-order valence-electron chi connectivity index (χ4n) is 3.70. The Hall–Kier alpha value is -4.24. The summed E-state index contributed by atoms with van der Waals surface area (Å²) in [5, 5.41) is 22.1. The van der Waals surface area contributed by atoms with Crippen LogP contribution in [-0.2, 0) is 6.54 Å². The third-order valence-corrected chi connectivity index (χ3v) is 5.32. The minimum Gasteiger partial charge on any atom is -0.494 e. The lowest BCUT2D eigenvalue weighted by molar-refractivity contribution is 0.103. The smallest absolute Gasteiger partial charge is 0.271 e. The van der Waals surface area contributed by atoms with Gasteiger partial charge in [-0.05, 0) is 41.0 Å². The minimum absolute atomic E-state index is 0.102. The van der Waals surface area contributed by atoms with Crippen LogP contribution in [0.2, 0.25) is 0 Å². The molecule has 1 N–H and O–H groups in total. The first-order valence-corrected chi connectivity index (χ1v) is 9.55. The Kier molecular flexibility index (Phi) is 5.10. The second-order valence-corrected chi connectivity index (χ2v) is 7.18. The monoisotopic (exact) mass is 412 g/mol. The summed E-state index contributed by atoms with van der Waals surface area (Å²) in [5.74, 6) is -1.45. The summed E-state index contributed by atoms with van der Waals surface area (Å²) in [7, 11) is 0. The van der Waals surface area contributed by atoms with Gasteiger partial charge in [-0.3, -0.25) is 14.2 Å². The van der Waals surface area contributed by atoms with Crippen molar-refractivity contribution in [1.82, 2.24) is 4.57 Å². The van der Waals surface area contributed by atoms with Crippen LogP contribution < -0.4 is 5.56 Å². The number of ketones is 1. The van der Waals surface area contributed by atoms with Gasteiger partial charge in [0.25, 0.3) is 5.56 Å². The molecule has 0 radical (unpaired) electrons. The number of aromatic hydroxyl groups is 1. The number of carbonyl (C=O) groups excluding carboxylic acids is 1. The van der Waals surface area contributed by atoms with Crippen molar-refractivity contribution in [3.05, 3.63) is 111 Å². The molecule has 0 aliphatic carbocycles. The number of rotatable bonds is 4. The molecule has 3 aromatic carbocycles. The van der Waals surface area contributed by atoms with E-state index < -0.39 is 23.0 Å². The molecule has 0 fully saturated rings. The summed E-state index contributed by atoms with van der Waals surface area (Å²) in [6, 6.07) is 19.9. The van der Waals surface area contributed by atoms with E-state index in [0.29, 0.717) is 16.5 Å². The third-order valence-electron chi connectivity index (χ3n) is 5.32. The Morgan fingerprint density at radius 2 is 1.74 bits per heavy atom. The van der Waals surface area contributed by atoms with Crippen LogP contribution >= 0.6 is 0 Å². The van der Waals surface area contributed by atoms with E-state index in [1.54, 1.807) is 18.2 Å². The highest BCUT2D eigenvalue weighted by molar-refractivity contribution is 6.18. The maximum atomic E-state index is 13.5. The Morgan fingerprint density at radius 1 is 1.06 bits per heavy atom. The van der Waals surface area contributed by atoms with Gasteiger partial charge in [0.1, 0.15) is 17.4 Å². The van der Waals surface area contributed by atoms with Gasteiger partial charge in [-0.1, -0.05) is 54.6 Å². The van der Waals surface area contributed by atoms with Crippen LogP contribution in [0.5, 0.6) is 5.88 Å². The molecule has 31 heavy (non-hydrogen) atoms. The van der Waals surface area contributed by atoms with E-state index in [-0.39, 0.29) is 23.2 Å². The molecule has 4 aromatic rings. The summed E-state index contributed by atoms with van der Waals surface area (Å²) in [5.41, 5.74) is -0.0184. The fourth-order valence-corrected chi connectivity index (χ4v) is 3.70. The van der Waals surface area contributed by atoms with Gasteiger partial charge in [-0.15, -0.1) is 0 Å². The van der Waals surface area contributed by atoms with Crippen molar-refractivity contribution in [1.29, 1.82) is 5.26 Å². The first kappa shape index (κ1) is 20.0. The van der Waals surface area contributed by atoms with Crippen molar-refractivity contribution in [3.8, 4) is 11.9 Å². The van der Waals surface area contributed by atoms with Gasteiger partial charge in [0.15, 0.2) is 5.78 Å². The van der Waals surface area contributed by atoms with Gasteiger partial charge in [0, 0.05) is 5.56 Å². The van der Waals surface area contributed by atoms with Crippen LogP contribution in [0.25, 0.3) is 10.8 Å². The number of fused-ring (bicyclic) bond motifs is 1. The van der Waals surface area contributed by atoms with Crippen molar-refractivity contribution >= 4 is 16.6 Å². The van der Waals surface area contributed by atoms with Crippen LogP contribution in [0.3, 0.4) is 0 Å². The largest absolute Gasteiger partial charge is 0.494 e. The molecule has 152 valence electrons. The highest BCUT2D eigenvalue weighted by atomic mass is 19.1. The molecule has 1 aromatic heterocycles. The van der Waals surface area contributed by atoms with E-state index in [1.807, 2.05) is 30.3 Å². The third kappa shape index (κ3) is 3.47. The predicted molar refractivity (Wildman–Crippen MR) is 115 cm³/mol. The number of hydrogen-bond donors (Lipinski definition) is 1. The molecule has 0 spiro atoms. The van der Waals surface area contributed by atoms with E-state index >= 15 is 0 Å². The number of pyridine rings is 1. The van der Waals surface area contributed by atoms with Crippen LogP contribution in [0, 0.1) is 24.1 Å². The number of nitriles is 1. The van der Waals surface area contributed by atoms with Gasteiger partial charge in [0.05, 0.1) is 12.1 Å². The van der Waals surface area contributed by atoms with Crippen molar-refractivity contribution < 1.29 is 14.3 Å². The Morgan fingerprint density at radius 3 is 2.45 bits per heavy atom. The Balaban J connectivity index is 1.93. The molecule has 0 bridgehead atoms. The maximum Gasteiger partial charge on any atom is 0.271 e. The molecule has 1 heterocycles. The van der Waals surface area contributed by atoms with Crippen LogP contribution in [0.1, 0.15) is 32.6 Å². The van der Waals surface area contributed by atoms with Crippen molar-refractivity contribution in [3.63, 3.8) is 0 Å². The molecule has 5 nitrogen and oxygen atoms in total. The maximum absolute atomic E-state index is 13.5. The molecule has 4 rings (SSSR count). The first-order valence-electron chi connectivity index (χ1n) is 9.55. The topological polar surface area (TPSA) is 83.1 Å². The second kappa shape index (κ2) is 7.88. The van der Waals surface area contributed by atoms with Crippen LogP contribution in [0.15, 0.2) is 71.5 Å². The van der Waals surface area contributed by atoms with Crippen molar-refractivity contribution in [2.45, 2.75) is 13.5 Å². The summed E-state index contributed by atoms with van der Waals surface area (Å²) >= 11 is 0. The van der Waals surface area contributed by atoms with Crippen molar-refractivity contribution in [2.24, 2.45) is 0 Å². The van der Waals surface area contributed by atoms with E-state index in [4.69, 9.17) is 0 Å². The predicted octanol–water partition coefficient (Wildman–Crippen LogP) is 4.31. The molecule has 0 amide bonds. The molecule has 0 saturated heterocycles. The average molecular weight is 412 g/mol. The average Bonchev–Trinajstić information content (AvgIpc) is 2.78. The van der Waals surface area contributed by atoms with Gasteiger partial charge in [-0.25, -0.2) is 4.39 Å². The van der Waals surface area contributed by atoms with Gasteiger partial charge >= 0.3 is 0 Å². The molecule has 0 aliphatic heterocycles. The lowest BCUT2D eigenvalue weighted by Crippen LogP contribution is -2.27. The highest BCUT2D eigenvalue weighted by Gasteiger charge is 2.25. The fraction of sp³-hybridized carbons (Fsp3) is 0.0800. The lowest BCUT2D eigenvalue weighted by atomic mass is 9.93. The van der Waals surface area contributed by atoms with E-state index in [9.17, 15) is 24.3 Å². The molecule has 6 heteroatoms. The van der Waals surface area contributed by atoms with E-state index in [1.165, 1.54) is 31.2 Å². The summed E-state index contributed by atoms with van der Waals surface area (Å²) < 4.78 is 14.2. The normalized spacial score (nSPS) is 10.7. The summed E-state index contributed by atoms with van der Waals surface area (Å²) in [6.45, 7) is 1.36. The molecule has 0 atom stereocenters. The number of aromatic nitrogens is 1. The zero-order valence-electron chi connectivity index (χ0n) is 16.6. The summed E-state index contributed by atoms with van der Waals surface area (Å²) in [6.07, 6.45) is 0. The zero-order valence-corrected chi connectivity index (χ0v) is 16.6. The van der Waals surface area contributed by atoms with E-state index in [0.717, 1.165) is 9.95 Å². The van der Waals surface area contributed by atoms with Gasteiger partial charge in [0.2, 0.25) is 5.88 Å². The number of benzene rings is 3. The van der Waals surface area contributed by atoms with Gasteiger partial charge < -0.3 is 5.11 Å². The number of nitrogens with zero attached hydrogens (tertiary/aromatic N) is 2. The second-order valence-electron chi connectivity index (χ2n) is 7.18. The van der Waals surface area contributed by atoms with Crippen LogP contribution in [-0.4, -0.2) is 15.5 Å². The quantitative estimate of drug-likeness (QED) is 0.507. The summed E-state index contributed by atoms with van der Waals surface area (Å²) in [4.78, 5) is 26.3. The SMILES string of the molecule is Cc1c(C(=O)c2cccc3ccccc23)c(O)n(Cc2ccc(F)cc2)c(=O)c1C#N. The standard InChI is InChI=1S/C25H17FN2O3/c1-15-21(13-27)24(30)28(14-16-9-11-18(26)12-10-16)25(31)22(15)23(29)20-8-4-6-17-5-2-3-7-19(17)20/h2-12,31H,14H2,1H3. The van der Waals surface area contributed by atoms with Crippen molar-refractivity contribution in [2.75, 3.05) is 0 Å². The number of halogens is 1. The molecule has 0 saturated carbocycles. The Labute approximate surface area is 177 Å². The Bertz CT molecular complexity index is 1430. The van der Waals surface area contributed by atoms with Crippen LogP contribution in [0.4, 0.5) is 4.39 Å². The minimum atomic E-state index is -0.712. The lowest BCUT2D eigenvalue weighted by Gasteiger charge is -2.16. The molecular weight excluding hydrogens is 395 g/mol.